The van der Waals surface area contributed by atoms with Crippen molar-refractivity contribution >= 4 is 39.3 Å². The topological polar surface area (TPSA) is 107 Å². The maximum absolute atomic E-state index is 13.9. The molecule has 220 valence electrons. The third-order valence-corrected chi connectivity index (χ3v) is 8.55. The summed E-state index contributed by atoms with van der Waals surface area (Å²) >= 11 is 1.56. The molecule has 1 aliphatic heterocycles. The molecule has 0 aromatic carbocycles. The molecule has 1 aliphatic rings. The standard InChI is InChI=1S/C29H39N7O4S/c1-17(2)22-23-27(41-26(32-23)18-9-11-34(12-10-18)15-21(37)33(6)7)36(28(38)40-29(3,4)5)24(22)19-13-20(39-8)25-30-16-31-35(25)14-19/h13-14,16-18H,9-12,15H2,1-8H3. The molecule has 12 heteroatoms. The minimum atomic E-state index is -0.680. The first-order valence-electron chi connectivity index (χ1n) is 14.0. The number of carbonyl (C=O) groups is 2. The summed E-state index contributed by atoms with van der Waals surface area (Å²) in [6.45, 7) is 11.9. The molecule has 41 heavy (non-hydrogen) atoms. The first kappa shape index (κ1) is 29.0. The third kappa shape index (κ3) is 5.67. The van der Waals surface area contributed by atoms with Gasteiger partial charge in [0.25, 0.3) is 0 Å². The summed E-state index contributed by atoms with van der Waals surface area (Å²) in [6, 6.07) is 1.89. The zero-order chi connectivity index (χ0) is 29.6. The van der Waals surface area contributed by atoms with Crippen molar-refractivity contribution in [3.63, 3.8) is 0 Å². The number of hydrogen-bond acceptors (Lipinski definition) is 9. The Balaban J connectivity index is 1.61. The Kier molecular flexibility index (Phi) is 7.82. The molecule has 5 heterocycles. The van der Waals surface area contributed by atoms with E-state index in [-0.39, 0.29) is 17.7 Å². The Labute approximate surface area is 244 Å². The number of thiazole rings is 1. The van der Waals surface area contributed by atoms with Crippen molar-refractivity contribution in [3.8, 4) is 17.0 Å². The number of likely N-dealkylation sites (N-methyl/N-ethyl adjacent to an activating group) is 1. The Morgan fingerprint density at radius 1 is 1.20 bits per heavy atom. The van der Waals surface area contributed by atoms with Crippen LogP contribution in [0.5, 0.6) is 5.75 Å². The number of aromatic nitrogens is 5. The van der Waals surface area contributed by atoms with Crippen LogP contribution in [-0.4, -0.2) is 92.4 Å². The smallest absolute Gasteiger partial charge is 0.420 e. The van der Waals surface area contributed by atoms with Gasteiger partial charge in [0, 0.05) is 37.3 Å². The van der Waals surface area contributed by atoms with Crippen LogP contribution in [0, 0.1) is 0 Å². The lowest BCUT2D eigenvalue weighted by atomic mass is 9.97. The van der Waals surface area contributed by atoms with Crippen LogP contribution in [0.1, 0.15) is 69.9 Å². The molecule has 0 saturated carbocycles. The molecule has 1 amide bonds. The van der Waals surface area contributed by atoms with E-state index >= 15 is 0 Å². The highest BCUT2D eigenvalue weighted by molar-refractivity contribution is 7.18. The lowest BCUT2D eigenvalue weighted by Crippen LogP contribution is -2.40. The number of carbonyl (C=O) groups excluding carboxylic acids is 2. The molecule has 4 aromatic rings. The number of nitrogens with zero attached hydrogens (tertiary/aromatic N) is 7. The fraction of sp³-hybridized carbons (Fsp3) is 0.552. The molecule has 0 spiro atoms. The van der Waals surface area contributed by atoms with E-state index < -0.39 is 11.7 Å². The van der Waals surface area contributed by atoms with Crippen molar-refractivity contribution in [2.45, 2.75) is 64.9 Å². The summed E-state index contributed by atoms with van der Waals surface area (Å²) in [7, 11) is 5.17. The van der Waals surface area contributed by atoms with Crippen molar-refractivity contribution in [2.24, 2.45) is 0 Å². The average Bonchev–Trinajstić information content (AvgIpc) is 3.60. The predicted octanol–water partition coefficient (Wildman–Crippen LogP) is 4.99. The summed E-state index contributed by atoms with van der Waals surface area (Å²) in [5.74, 6) is 1.01. The van der Waals surface area contributed by atoms with Gasteiger partial charge in [-0.2, -0.15) is 5.10 Å². The number of rotatable bonds is 6. The number of fused-ring (bicyclic) bond motifs is 2. The molecule has 11 nitrogen and oxygen atoms in total. The van der Waals surface area contributed by atoms with E-state index in [2.05, 4.69) is 28.8 Å². The molecule has 0 unspecified atom stereocenters. The number of pyridine rings is 1. The number of likely N-dealkylation sites (tertiary alicyclic amines) is 1. The molecule has 0 bridgehead atoms. The first-order valence-corrected chi connectivity index (χ1v) is 14.8. The van der Waals surface area contributed by atoms with E-state index in [0.717, 1.165) is 58.1 Å². The number of methoxy groups -OCH3 is 1. The molecule has 0 atom stereocenters. The lowest BCUT2D eigenvalue weighted by Gasteiger charge is -2.31. The van der Waals surface area contributed by atoms with Crippen molar-refractivity contribution in [2.75, 3.05) is 40.8 Å². The highest BCUT2D eigenvalue weighted by Gasteiger charge is 2.33. The van der Waals surface area contributed by atoms with Crippen LogP contribution < -0.4 is 4.74 Å². The van der Waals surface area contributed by atoms with Gasteiger partial charge in [-0.25, -0.2) is 23.8 Å². The Hall–Kier alpha value is -3.51. The van der Waals surface area contributed by atoms with E-state index in [4.69, 9.17) is 14.5 Å². The van der Waals surface area contributed by atoms with Crippen LogP contribution in [0.25, 0.3) is 27.3 Å². The zero-order valence-electron chi connectivity index (χ0n) is 25.1. The van der Waals surface area contributed by atoms with Crippen molar-refractivity contribution in [1.29, 1.82) is 0 Å². The van der Waals surface area contributed by atoms with Crippen LogP contribution >= 0.6 is 11.3 Å². The van der Waals surface area contributed by atoms with Gasteiger partial charge in [-0.1, -0.05) is 25.2 Å². The van der Waals surface area contributed by atoms with E-state index in [0.29, 0.717) is 17.9 Å². The molecule has 0 aliphatic carbocycles. The van der Waals surface area contributed by atoms with Crippen molar-refractivity contribution < 1.29 is 19.1 Å². The minimum Gasteiger partial charge on any atom is -0.493 e. The van der Waals surface area contributed by atoms with E-state index in [1.165, 1.54) is 6.33 Å². The molecular weight excluding hydrogens is 542 g/mol. The second-order valence-corrected chi connectivity index (χ2v) is 13.1. The summed E-state index contributed by atoms with van der Waals surface area (Å²) in [4.78, 5) is 40.2. The fourth-order valence-corrected chi connectivity index (χ4v) is 6.57. The van der Waals surface area contributed by atoms with E-state index in [1.807, 2.05) is 33.0 Å². The van der Waals surface area contributed by atoms with E-state index in [1.54, 1.807) is 46.5 Å². The van der Waals surface area contributed by atoms with Crippen LogP contribution in [0.15, 0.2) is 18.6 Å². The number of hydrogen-bond donors (Lipinski definition) is 0. The average molecular weight is 582 g/mol. The Bertz CT molecular complexity index is 1590. The van der Waals surface area contributed by atoms with Gasteiger partial charge in [-0.3, -0.25) is 9.69 Å². The predicted molar refractivity (Wildman–Crippen MR) is 159 cm³/mol. The van der Waals surface area contributed by atoms with Crippen LogP contribution in [0.3, 0.4) is 0 Å². The SMILES string of the molecule is COc1cc(-c2c(C(C)C)c3nc(C4CCN(CC(=O)N(C)C)CC4)sc3n2C(=O)OC(C)(C)C)cn2ncnc12. The van der Waals surface area contributed by atoms with Crippen LogP contribution in [0.2, 0.25) is 0 Å². The zero-order valence-corrected chi connectivity index (χ0v) is 25.9. The van der Waals surface area contributed by atoms with Crippen molar-refractivity contribution in [1.82, 2.24) is 33.9 Å². The van der Waals surface area contributed by atoms with Gasteiger partial charge in [0.15, 0.2) is 11.4 Å². The fourth-order valence-electron chi connectivity index (χ4n) is 5.32. The molecule has 4 aromatic heterocycles. The number of amides is 1. The number of piperidine rings is 1. The molecule has 0 radical (unpaired) electrons. The molecule has 1 fully saturated rings. The largest absolute Gasteiger partial charge is 0.493 e. The lowest BCUT2D eigenvalue weighted by molar-refractivity contribution is -0.130. The summed E-state index contributed by atoms with van der Waals surface area (Å²) in [5.41, 5.74) is 3.20. The van der Waals surface area contributed by atoms with Crippen molar-refractivity contribution in [3.05, 3.63) is 29.2 Å². The normalized spacial score (nSPS) is 15.2. The van der Waals surface area contributed by atoms with Gasteiger partial charge in [-0.05, 0) is 58.7 Å². The maximum atomic E-state index is 13.9. The summed E-state index contributed by atoms with van der Waals surface area (Å²) < 4.78 is 14.9. The second-order valence-electron chi connectivity index (χ2n) is 12.1. The summed E-state index contributed by atoms with van der Waals surface area (Å²) in [6.07, 6.45) is 4.71. The van der Waals surface area contributed by atoms with Gasteiger partial charge in [0.1, 0.15) is 22.3 Å². The molecule has 1 saturated heterocycles. The molecular formula is C29H39N7O4S. The number of ether oxygens (including phenoxy) is 2. The monoisotopic (exact) mass is 581 g/mol. The highest BCUT2D eigenvalue weighted by Crippen LogP contribution is 2.44. The van der Waals surface area contributed by atoms with Gasteiger partial charge in [0.2, 0.25) is 5.91 Å². The van der Waals surface area contributed by atoms with Gasteiger partial charge in [-0.15, -0.1) is 0 Å². The third-order valence-electron chi connectivity index (χ3n) is 7.35. The Morgan fingerprint density at radius 2 is 1.90 bits per heavy atom. The van der Waals surface area contributed by atoms with Gasteiger partial charge < -0.3 is 14.4 Å². The molecule has 0 N–H and O–H groups in total. The van der Waals surface area contributed by atoms with Crippen LogP contribution in [-0.2, 0) is 9.53 Å². The quantitative estimate of drug-likeness (QED) is 0.314. The van der Waals surface area contributed by atoms with E-state index in [9.17, 15) is 9.59 Å². The highest BCUT2D eigenvalue weighted by atomic mass is 32.1. The van der Waals surface area contributed by atoms with Crippen LogP contribution in [0.4, 0.5) is 4.79 Å². The second kappa shape index (κ2) is 11.1. The summed E-state index contributed by atoms with van der Waals surface area (Å²) in [5, 5.41) is 5.35. The Morgan fingerprint density at radius 3 is 2.51 bits per heavy atom. The molecule has 5 rings (SSSR count). The minimum absolute atomic E-state index is 0.0717. The maximum Gasteiger partial charge on any atom is 0.420 e. The first-order chi connectivity index (χ1) is 19.4. The van der Waals surface area contributed by atoms with Gasteiger partial charge in [0.05, 0.1) is 24.4 Å². The van der Waals surface area contributed by atoms with Gasteiger partial charge >= 0.3 is 6.09 Å².